The first-order chi connectivity index (χ1) is 14.8. The van der Waals surface area contributed by atoms with E-state index in [2.05, 4.69) is 0 Å². The quantitative estimate of drug-likeness (QED) is 0.560. The molecule has 162 valence electrons. The van der Waals surface area contributed by atoms with E-state index in [1.165, 1.54) is 29.5 Å². The van der Waals surface area contributed by atoms with Crippen LogP contribution in [0.2, 0.25) is 0 Å². The number of rotatable bonds is 7. The molecule has 31 heavy (non-hydrogen) atoms. The first kappa shape index (κ1) is 21.5. The van der Waals surface area contributed by atoms with E-state index in [9.17, 15) is 22.7 Å². The number of benzene rings is 2. The van der Waals surface area contributed by atoms with Gasteiger partial charge in [0.05, 0.1) is 11.4 Å². The molecule has 6 nitrogen and oxygen atoms in total. The number of fused-ring (bicyclic) bond motifs is 1. The fraction of sp³-hybridized carbons (Fsp3) is 0.227. The van der Waals surface area contributed by atoms with E-state index >= 15 is 0 Å². The lowest BCUT2D eigenvalue weighted by molar-refractivity contribution is -0.141. The van der Waals surface area contributed by atoms with Crippen LogP contribution in [0, 0.1) is 5.82 Å². The molecule has 0 amide bonds. The molecule has 0 spiro atoms. The van der Waals surface area contributed by atoms with Crippen molar-refractivity contribution in [1.29, 1.82) is 0 Å². The predicted molar refractivity (Wildman–Crippen MR) is 115 cm³/mol. The number of sulfonamides is 1. The number of hydrogen-bond donors (Lipinski definition) is 1. The van der Waals surface area contributed by atoms with Gasteiger partial charge in [-0.25, -0.2) is 12.8 Å². The topological polar surface area (TPSA) is 83.9 Å². The summed E-state index contributed by atoms with van der Waals surface area (Å²) >= 11 is 1.22. The van der Waals surface area contributed by atoms with Crippen molar-refractivity contribution in [2.75, 3.05) is 0 Å². The zero-order valence-corrected chi connectivity index (χ0v) is 18.2. The van der Waals surface area contributed by atoms with E-state index in [-0.39, 0.29) is 30.2 Å². The molecule has 1 N–H and O–H groups in total. The first-order valence-electron chi connectivity index (χ1n) is 9.65. The van der Waals surface area contributed by atoms with Crippen molar-refractivity contribution in [3.8, 4) is 16.2 Å². The highest BCUT2D eigenvalue weighted by Crippen LogP contribution is 2.42. The van der Waals surface area contributed by atoms with Crippen LogP contribution in [0.15, 0.2) is 59.5 Å². The van der Waals surface area contributed by atoms with Gasteiger partial charge in [-0.15, -0.1) is 11.3 Å². The van der Waals surface area contributed by atoms with Crippen molar-refractivity contribution >= 4 is 27.3 Å². The number of carboxylic acids is 1. The maximum absolute atomic E-state index is 14.6. The smallest absolute Gasteiger partial charge is 0.322 e. The van der Waals surface area contributed by atoms with Crippen LogP contribution in [0.1, 0.15) is 23.8 Å². The maximum Gasteiger partial charge on any atom is 0.322 e. The molecule has 1 aliphatic heterocycles. The van der Waals surface area contributed by atoms with Crippen LogP contribution >= 0.6 is 11.3 Å². The molecular formula is C22H20FNO5S2. The monoisotopic (exact) mass is 461 g/mol. The third-order valence-electron chi connectivity index (χ3n) is 5.13. The Labute approximate surface area is 183 Å². The number of carboxylic acid groups (broad SMARTS) is 1. The Bertz CT molecular complexity index is 1220. The van der Waals surface area contributed by atoms with Gasteiger partial charge in [-0.05, 0) is 41.8 Å². The molecule has 0 aliphatic carbocycles. The standard InChI is InChI=1S/C22H20FNO5S2/c1-2-17(22(25)26)24-12-20-21(31(24,27)28)11-19(30-20)15-8-9-18(16(23)10-15)29-13-14-6-4-3-5-7-14/h3-11,17H,2,12-13H2,1H3,(H,25,26). The maximum atomic E-state index is 14.6. The SMILES string of the molecule is CCC(C(=O)O)N1Cc2sc(-c3ccc(OCc4ccccc4)c(F)c3)cc2S1(=O)=O. The van der Waals surface area contributed by atoms with Gasteiger partial charge in [0.1, 0.15) is 12.6 Å². The summed E-state index contributed by atoms with van der Waals surface area (Å²) in [6.45, 7) is 1.88. The Balaban J connectivity index is 1.55. The van der Waals surface area contributed by atoms with Crippen molar-refractivity contribution < 1.29 is 27.4 Å². The molecule has 3 aromatic rings. The van der Waals surface area contributed by atoms with Crippen LogP contribution in [0.3, 0.4) is 0 Å². The molecule has 9 heteroatoms. The van der Waals surface area contributed by atoms with Gasteiger partial charge in [-0.1, -0.05) is 37.3 Å². The zero-order chi connectivity index (χ0) is 22.2. The molecular weight excluding hydrogens is 441 g/mol. The van der Waals surface area contributed by atoms with E-state index in [1.807, 2.05) is 30.3 Å². The lowest BCUT2D eigenvalue weighted by Crippen LogP contribution is -2.40. The molecule has 1 atom stereocenters. The van der Waals surface area contributed by atoms with Gasteiger partial charge in [-0.2, -0.15) is 4.31 Å². The molecule has 0 fully saturated rings. The summed E-state index contributed by atoms with van der Waals surface area (Å²) in [5.74, 6) is -1.60. The summed E-state index contributed by atoms with van der Waals surface area (Å²) in [4.78, 5) is 12.7. The van der Waals surface area contributed by atoms with Crippen LogP contribution in [-0.4, -0.2) is 29.8 Å². The van der Waals surface area contributed by atoms with Crippen LogP contribution in [0.4, 0.5) is 4.39 Å². The number of aliphatic carboxylic acids is 1. The lowest BCUT2D eigenvalue weighted by Gasteiger charge is -2.21. The molecule has 1 aliphatic rings. The van der Waals surface area contributed by atoms with Gasteiger partial charge in [0, 0.05) is 9.75 Å². The van der Waals surface area contributed by atoms with Gasteiger partial charge in [0.15, 0.2) is 11.6 Å². The molecule has 4 rings (SSSR count). The van der Waals surface area contributed by atoms with Crippen molar-refractivity contribution in [3.63, 3.8) is 0 Å². The predicted octanol–water partition coefficient (Wildman–Crippen LogP) is 4.50. The minimum atomic E-state index is -3.90. The van der Waals surface area contributed by atoms with E-state index < -0.39 is 27.9 Å². The van der Waals surface area contributed by atoms with Crippen LogP contribution in [-0.2, 0) is 28.0 Å². The molecule has 2 aromatic carbocycles. The summed E-state index contributed by atoms with van der Waals surface area (Å²) in [5, 5.41) is 9.33. The highest BCUT2D eigenvalue weighted by atomic mass is 32.2. The summed E-state index contributed by atoms with van der Waals surface area (Å²) < 4.78 is 46.9. The highest BCUT2D eigenvalue weighted by molar-refractivity contribution is 7.89. The summed E-state index contributed by atoms with van der Waals surface area (Å²) in [7, 11) is -3.90. The van der Waals surface area contributed by atoms with Crippen LogP contribution in [0.5, 0.6) is 5.75 Å². The Morgan fingerprint density at radius 2 is 1.97 bits per heavy atom. The number of carbonyl (C=O) groups is 1. The zero-order valence-electron chi connectivity index (χ0n) is 16.6. The molecule has 1 unspecified atom stereocenters. The fourth-order valence-electron chi connectivity index (χ4n) is 3.52. The first-order valence-corrected chi connectivity index (χ1v) is 11.9. The fourth-order valence-corrected chi connectivity index (χ4v) is 6.91. The number of nitrogens with zero attached hydrogens (tertiary/aromatic N) is 1. The summed E-state index contributed by atoms with van der Waals surface area (Å²) in [5.41, 5.74) is 1.46. The van der Waals surface area contributed by atoms with E-state index in [0.29, 0.717) is 15.3 Å². The highest BCUT2D eigenvalue weighted by Gasteiger charge is 2.43. The number of thiophene rings is 1. The molecule has 0 saturated heterocycles. The Morgan fingerprint density at radius 3 is 2.58 bits per heavy atom. The van der Waals surface area contributed by atoms with Crippen molar-refractivity contribution in [3.05, 3.63) is 70.9 Å². The minimum Gasteiger partial charge on any atom is -0.486 e. The molecule has 0 saturated carbocycles. The van der Waals surface area contributed by atoms with E-state index in [0.717, 1.165) is 9.87 Å². The molecule has 1 aromatic heterocycles. The number of halogens is 1. The largest absolute Gasteiger partial charge is 0.486 e. The van der Waals surface area contributed by atoms with Crippen molar-refractivity contribution in [2.45, 2.75) is 37.4 Å². The van der Waals surface area contributed by atoms with E-state index in [4.69, 9.17) is 4.74 Å². The summed E-state index contributed by atoms with van der Waals surface area (Å²) in [6, 6.07) is 14.3. The lowest BCUT2D eigenvalue weighted by atomic mass is 10.1. The number of ether oxygens (including phenoxy) is 1. The third kappa shape index (κ3) is 4.08. The normalized spacial score (nSPS) is 16.1. The average Bonchev–Trinajstić information content (AvgIpc) is 3.27. The molecule has 0 radical (unpaired) electrons. The van der Waals surface area contributed by atoms with Crippen LogP contribution in [0.25, 0.3) is 10.4 Å². The van der Waals surface area contributed by atoms with Gasteiger partial charge in [-0.3, -0.25) is 4.79 Å². The van der Waals surface area contributed by atoms with Gasteiger partial charge < -0.3 is 9.84 Å². The van der Waals surface area contributed by atoms with Crippen LogP contribution < -0.4 is 4.74 Å². The second-order valence-electron chi connectivity index (χ2n) is 7.13. The van der Waals surface area contributed by atoms with Gasteiger partial charge in [0.2, 0.25) is 10.0 Å². The molecule has 0 bridgehead atoms. The molecule has 2 heterocycles. The van der Waals surface area contributed by atoms with E-state index in [1.54, 1.807) is 13.0 Å². The summed E-state index contributed by atoms with van der Waals surface area (Å²) in [6.07, 6.45) is 0.173. The number of hydrogen-bond acceptors (Lipinski definition) is 5. The van der Waals surface area contributed by atoms with Crippen molar-refractivity contribution in [2.24, 2.45) is 0 Å². The Kier molecular flexibility index (Phi) is 5.83. The van der Waals surface area contributed by atoms with Gasteiger partial charge in [0.25, 0.3) is 0 Å². The average molecular weight is 462 g/mol. The Hall–Kier alpha value is -2.75. The van der Waals surface area contributed by atoms with Gasteiger partial charge >= 0.3 is 5.97 Å². The Morgan fingerprint density at radius 1 is 1.23 bits per heavy atom. The second kappa shape index (κ2) is 8.41. The minimum absolute atomic E-state index is 0.00783. The third-order valence-corrected chi connectivity index (χ3v) is 8.35. The van der Waals surface area contributed by atoms with Crippen molar-refractivity contribution in [1.82, 2.24) is 4.31 Å². The second-order valence-corrected chi connectivity index (χ2v) is 10.1.